The molecular weight excluding hydrogens is 260 g/mol. The minimum Gasteiger partial charge on any atom is -0.456 e. The SMILES string of the molecule is CC1=C([C@H](C)C[C@H](O)C[C@@H](C)C=O)OC(C)(C)OC1=O. The highest BCUT2D eigenvalue weighted by Gasteiger charge is 2.36. The van der Waals surface area contributed by atoms with Gasteiger partial charge in [-0.15, -0.1) is 0 Å². The third kappa shape index (κ3) is 4.34. The van der Waals surface area contributed by atoms with Gasteiger partial charge in [-0.05, 0) is 19.8 Å². The topological polar surface area (TPSA) is 72.8 Å². The lowest BCUT2D eigenvalue weighted by Crippen LogP contribution is -2.38. The van der Waals surface area contributed by atoms with Gasteiger partial charge in [0.2, 0.25) is 5.79 Å². The number of ether oxygens (including phenoxy) is 2. The molecule has 1 aliphatic heterocycles. The van der Waals surface area contributed by atoms with Crippen LogP contribution in [0.2, 0.25) is 0 Å². The Morgan fingerprint density at radius 1 is 1.25 bits per heavy atom. The number of rotatable bonds is 6. The summed E-state index contributed by atoms with van der Waals surface area (Å²) in [5.41, 5.74) is 0.437. The summed E-state index contributed by atoms with van der Waals surface area (Å²) in [5.74, 6) is -1.11. The van der Waals surface area contributed by atoms with Crippen LogP contribution < -0.4 is 0 Å². The molecule has 0 bridgehead atoms. The first-order valence-corrected chi connectivity index (χ1v) is 6.92. The standard InChI is InChI=1S/C15H24O5/c1-9(8-16)6-12(17)7-10(2)13-11(3)14(18)20-15(4,5)19-13/h8-10,12,17H,6-7H2,1-5H3/t9-,10-,12-/m1/s1. The zero-order valence-electron chi connectivity index (χ0n) is 12.8. The van der Waals surface area contributed by atoms with Crippen LogP contribution in [-0.2, 0) is 19.1 Å². The molecule has 0 aromatic carbocycles. The van der Waals surface area contributed by atoms with Crippen molar-refractivity contribution in [3.8, 4) is 0 Å². The number of carbonyl (C=O) groups excluding carboxylic acids is 2. The van der Waals surface area contributed by atoms with Gasteiger partial charge in [0, 0.05) is 25.7 Å². The largest absolute Gasteiger partial charge is 0.456 e. The quantitative estimate of drug-likeness (QED) is 0.598. The van der Waals surface area contributed by atoms with Gasteiger partial charge in [-0.2, -0.15) is 0 Å². The Bertz CT molecular complexity index is 410. The molecule has 0 radical (unpaired) electrons. The van der Waals surface area contributed by atoms with E-state index in [2.05, 4.69) is 0 Å². The Labute approximate surface area is 119 Å². The van der Waals surface area contributed by atoms with E-state index in [1.807, 2.05) is 6.92 Å². The van der Waals surface area contributed by atoms with Crippen LogP contribution in [0.3, 0.4) is 0 Å². The van der Waals surface area contributed by atoms with Crippen LogP contribution in [0.1, 0.15) is 47.5 Å². The zero-order valence-corrected chi connectivity index (χ0v) is 12.8. The first kappa shape index (κ1) is 16.7. The van der Waals surface area contributed by atoms with Crippen molar-refractivity contribution in [1.82, 2.24) is 0 Å². The van der Waals surface area contributed by atoms with Crippen LogP contribution in [0, 0.1) is 11.8 Å². The molecule has 0 saturated carbocycles. The summed E-state index contributed by atoms with van der Waals surface area (Å²) in [7, 11) is 0. The molecule has 5 nitrogen and oxygen atoms in total. The van der Waals surface area contributed by atoms with Crippen LogP contribution in [0.4, 0.5) is 0 Å². The van der Waals surface area contributed by atoms with Crippen molar-refractivity contribution in [2.24, 2.45) is 11.8 Å². The van der Waals surface area contributed by atoms with Crippen LogP contribution in [-0.4, -0.2) is 29.3 Å². The average Bonchev–Trinajstić information content (AvgIpc) is 2.32. The molecule has 1 heterocycles. The number of aliphatic hydroxyl groups excluding tert-OH is 1. The van der Waals surface area contributed by atoms with Crippen LogP contribution in [0.25, 0.3) is 0 Å². The molecule has 0 spiro atoms. The van der Waals surface area contributed by atoms with Crippen LogP contribution >= 0.6 is 0 Å². The normalized spacial score (nSPS) is 22.6. The van der Waals surface area contributed by atoms with Gasteiger partial charge in [-0.1, -0.05) is 13.8 Å². The predicted octanol–water partition coefficient (Wildman–Crippen LogP) is 2.18. The van der Waals surface area contributed by atoms with Gasteiger partial charge in [-0.25, -0.2) is 4.79 Å². The summed E-state index contributed by atoms with van der Waals surface area (Å²) in [6, 6.07) is 0. The van der Waals surface area contributed by atoms with E-state index in [1.54, 1.807) is 27.7 Å². The lowest BCUT2D eigenvalue weighted by Gasteiger charge is -2.35. The average molecular weight is 284 g/mol. The number of esters is 1. The molecule has 114 valence electrons. The number of carbonyl (C=O) groups is 2. The molecule has 3 atom stereocenters. The number of cyclic esters (lactones) is 1. The van der Waals surface area contributed by atoms with Crippen molar-refractivity contribution in [3.63, 3.8) is 0 Å². The molecule has 0 fully saturated rings. The van der Waals surface area contributed by atoms with Gasteiger partial charge in [0.15, 0.2) is 0 Å². The lowest BCUT2D eigenvalue weighted by atomic mass is 9.93. The number of hydrogen-bond acceptors (Lipinski definition) is 5. The molecule has 0 unspecified atom stereocenters. The molecule has 1 rings (SSSR count). The van der Waals surface area contributed by atoms with Crippen LogP contribution in [0.15, 0.2) is 11.3 Å². The molecular formula is C15H24O5. The molecule has 0 aliphatic carbocycles. The van der Waals surface area contributed by atoms with Crippen molar-refractivity contribution in [3.05, 3.63) is 11.3 Å². The smallest absolute Gasteiger partial charge is 0.340 e. The Morgan fingerprint density at radius 3 is 2.40 bits per heavy atom. The highest BCUT2D eigenvalue weighted by Crippen LogP contribution is 2.33. The predicted molar refractivity (Wildman–Crippen MR) is 73.6 cm³/mol. The molecule has 1 N–H and O–H groups in total. The van der Waals surface area contributed by atoms with Gasteiger partial charge in [0.1, 0.15) is 12.0 Å². The minimum absolute atomic E-state index is 0.115. The molecule has 20 heavy (non-hydrogen) atoms. The first-order valence-electron chi connectivity index (χ1n) is 6.92. The van der Waals surface area contributed by atoms with E-state index >= 15 is 0 Å². The lowest BCUT2D eigenvalue weighted by molar-refractivity contribution is -0.211. The first-order chi connectivity index (χ1) is 9.16. The van der Waals surface area contributed by atoms with Crippen LogP contribution in [0.5, 0.6) is 0 Å². The second kappa shape index (κ2) is 6.39. The maximum absolute atomic E-state index is 11.8. The maximum Gasteiger partial charge on any atom is 0.340 e. The summed E-state index contributed by atoms with van der Waals surface area (Å²) < 4.78 is 10.8. The molecule has 0 aromatic heterocycles. The maximum atomic E-state index is 11.8. The highest BCUT2D eigenvalue weighted by atomic mass is 16.7. The zero-order chi connectivity index (χ0) is 15.5. The van der Waals surface area contributed by atoms with E-state index in [1.165, 1.54) is 0 Å². The van der Waals surface area contributed by atoms with Crippen molar-refractivity contribution >= 4 is 12.3 Å². The van der Waals surface area contributed by atoms with E-state index in [-0.39, 0.29) is 17.8 Å². The summed E-state index contributed by atoms with van der Waals surface area (Å²) in [5, 5.41) is 9.98. The van der Waals surface area contributed by atoms with Crippen molar-refractivity contribution in [1.29, 1.82) is 0 Å². The van der Waals surface area contributed by atoms with Gasteiger partial charge in [0.25, 0.3) is 0 Å². The van der Waals surface area contributed by atoms with E-state index in [0.29, 0.717) is 24.2 Å². The summed E-state index contributed by atoms with van der Waals surface area (Å²) in [6.45, 7) is 8.67. The number of hydrogen-bond donors (Lipinski definition) is 1. The summed E-state index contributed by atoms with van der Waals surface area (Å²) >= 11 is 0. The molecule has 0 amide bonds. The van der Waals surface area contributed by atoms with E-state index < -0.39 is 11.9 Å². The molecule has 0 saturated heterocycles. The monoisotopic (exact) mass is 284 g/mol. The number of allylic oxidation sites excluding steroid dienone is 1. The van der Waals surface area contributed by atoms with Gasteiger partial charge < -0.3 is 19.4 Å². The second-order valence-corrected chi connectivity index (χ2v) is 6.02. The van der Waals surface area contributed by atoms with E-state index in [0.717, 1.165) is 6.29 Å². The minimum atomic E-state index is -0.985. The Hall–Kier alpha value is -1.36. The van der Waals surface area contributed by atoms with Crippen molar-refractivity contribution in [2.45, 2.75) is 59.4 Å². The Balaban J connectivity index is 2.75. The second-order valence-electron chi connectivity index (χ2n) is 6.02. The highest BCUT2D eigenvalue weighted by molar-refractivity contribution is 5.89. The fraction of sp³-hybridized carbons (Fsp3) is 0.733. The number of aliphatic hydroxyl groups is 1. The third-order valence-electron chi connectivity index (χ3n) is 3.32. The molecule has 0 aromatic rings. The fourth-order valence-electron chi connectivity index (χ4n) is 2.33. The van der Waals surface area contributed by atoms with Crippen molar-refractivity contribution < 1.29 is 24.2 Å². The van der Waals surface area contributed by atoms with E-state index in [9.17, 15) is 14.7 Å². The molecule has 1 aliphatic rings. The van der Waals surface area contributed by atoms with Gasteiger partial charge >= 0.3 is 5.97 Å². The third-order valence-corrected chi connectivity index (χ3v) is 3.32. The number of aldehydes is 1. The van der Waals surface area contributed by atoms with Crippen molar-refractivity contribution in [2.75, 3.05) is 0 Å². The summed E-state index contributed by atoms with van der Waals surface area (Å²) in [4.78, 5) is 22.4. The Morgan fingerprint density at radius 2 is 1.85 bits per heavy atom. The summed E-state index contributed by atoms with van der Waals surface area (Å²) in [6.07, 6.45) is 1.08. The Kier molecular flexibility index (Phi) is 5.34. The van der Waals surface area contributed by atoms with E-state index in [4.69, 9.17) is 9.47 Å². The molecule has 5 heteroatoms. The van der Waals surface area contributed by atoms with Gasteiger partial charge in [-0.3, -0.25) is 0 Å². The van der Waals surface area contributed by atoms with Gasteiger partial charge in [0.05, 0.1) is 11.7 Å². The fourth-order valence-corrected chi connectivity index (χ4v) is 2.33.